The molecule has 17 heavy (non-hydrogen) atoms. The summed E-state index contributed by atoms with van der Waals surface area (Å²) in [4.78, 5) is 14.4. The van der Waals surface area contributed by atoms with Gasteiger partial charge >= 0.3 is 0 Å². The van der Waals surface area contributed by atoms with Gasteiger partial charge in [0.25, 0.3) is 0 Å². The standard InChI is InChI=1S/C14H26N2O/c1-2-5-12-6-4-10-16(11-8-12)14(17)13-7-3-9-15-13/h12-13,15H,2-11H2,1H3/t12?,13-/m1/s1. The maximum absolute atomic E-state index is 12.3. The van der Waals surface area contributed by atoms with Crippen molar-refractivity contribution in [2.24, 2.45) is 5.92 Å². The highest BCUT2D eigenvalue weighted by Gasteiger charge is 2.28. The minimum Gasteiger partial charge on any atom is -0.341 e. The Labute approximate surface area is 105 Å². The molecule has 1 unspecified atom stereocenters. The molecule has 1 amide bonds. The zero-order valence-corrected chi connectivity index (χ0v) is 11.1. The van der Waals surface area contributed by atoms with Gasteiger partial charge < -0.3 is 10.2 Å². The van der Waals surface area contributed by atoms with E-state index in [2.05, 4.69) is 17.1 Å². The first-order valence-corrected chi connectivity index (χ1v) is 7.33. The average Bonchev–Trinajstić information content (AvgIpc) is 2.76. The van der Waals surface area contributed by atoms with E-state index in [4.69, 9.17) is 0 Å². The number of likely N-dealkylation sites (tertiary alicyclic amines) is 1. The molecule has 2 atom stereocenters. The topological polar surface area (TPSA) is 32.3 Å². The van der Waals surface area contributed by atoms with Crippen LogP contribution in [-0.4, -0.2) is 36.5 Å². The minimum absolute atomic E-state index is 0.123. The van der Waals surface area contributed by atoms with Gasteiger partial charge in [-0.25, -0.2) is 0 Å². The molecule has 0 aromatic heterocycles. The predicted octanol–water partition coefficient (Wildman–Crippen LogP) is 2.17. The second kappa shape index (κ2) is 6.39. The highest BCUT2D eigenvalue weighted by molar-refractivity contribution is 5.82. The Balaban J connectivity index is 1.83. The van der Waals surface area contributed by atoms with Crippen LogP contribution in [0.5, 0.6) is 0 Å². The van der Waals surface area contributed by atoms with Crippen molar-refractivity contribution in [3.05, 3.63) is 0 Å². The van der Waals surface area contributed by atoms with Gasteiger partial charge in [0.2, 0.25) is 5.91 Å². The molecule has 0 spiro atoms. The third kappa shape index (κ3) is 3.44. The lowest BCUT2D eigenvalue weighted by Crippen LogP contribution is -2.44. The van der Waals surface area contributed by atoms with Crippen molar-refractivity contribution in [2.45, 2.75) is 57.9 Å². The maximum Gasteiger partial charge on any atom is 0.239 e. The van der Waals surface area contributed by atoms with E-state index in [0.29, 0.717) is 5.91 Å². The number of nitrogens with one attached hydrogen (secondary N) is 1. The molecule has 0 radical (unpaired) electrons. The van der Waals surface area contributed by atoms with Gasteiger partial charge in [-0.15, -0.1) is 0 Å². The third-order valence-corrected chi connectivity index (χ3v) is 4.21. The molecule has 0 saturated carbocycles. The van der Waals surface area contributed by atoms with E-state index in [9.17, 15) is 4.79 Å². The van der Waals surface area contributed by atoms with Crippen LogP contribution >= 0.6 is 0 Å². The largest absolute Gasteiger partial charge is 0.341 e. The van der Waals surface area contributed by atoms with Gasteiger partial charge in [0.1, 0.15) is 0 Å². The van der Waals surface area contributed by atoms with E-state index in [-0.39, 0.29) is 6.04 Å². The molecule has 2 heterocycles. The Bertz CT molecular complexity index is 249. The first kappa shape index (κ1) is 12.9. The molecule has 0 aromatic carbocycles. The highest BCUT2D eigenvalue weighted by Crippen LogP contribution is 2.22. The molecule has 1 N–H and O–H groups in total. The lowest BCUT2D eigenvalue weighted by atomic mass is 9.96. The number of carbonyl (C=O) groups is 1. The number of rotatable bonds is 3. The van der Waals surface area contributed by atoms with Gasteiger partial charge in [-0.2, -0.15) is 0 Å². The van der Waals surface area contributed by atoms with Crippen molar-refractivity contribution in [1.29, 1.82) is 0 Å². The summed E-state index contributed by atoms with van der Waals surface area (Å²) in [6.45, 7) is 5.25. The van der Waals surface area contributed by atoms with Gasteiger partial charge in [0, 0.05) is 13.1 Å². The van der Waals surface area contributed by atoms with Crippen LogP contribution in [0.3, 0.4) is 0 Å². The van der Waals surface area contributed by atoms with Crippen LogP contribution in [0.25, 0.3) is 0 Å². The molecule has 0 bridgehead atoms. The zero-order valence-electron chi connectivity index (χ0n) is 11.1. The van der Waals surface area contributed by atoms with E-state index in [0.717, 1.165) is 38.4 Å². The molecule has 0 aromatic rings. The zero-order chi connectivity index (χ0) is 12.1. The van der Waals surface area contributed by atoms with Crippen LogP contribution in [-0.2, 0) is 4.79 Å². The van der Waals surface area contributed by atoms with Crippen LogP contribution in [0.15, 0.2) is 0 Å². The van der Waals surface area contributed by atoms with Crippen molar-refractivity contribution in [2.75, 3.05) is 19.6 Å². The summed E-state index contributed by atoms with van der Waals surface area (Å²) >= 11 is 0. The molecular formula is C14H26N2O. The Morgan fingerprint density at radius 3 is 2.82 bits per heavy atom. The molecule has 2 aliphatic heterocycles. The number of carbonyl (C=O) groups excluding carboxylic acids is 1. The number of hydrogen-bond donors (Lipinski definition) is 1. The Morgan fingerprint density at radius 2 is 2.12 bits per heavy atom. The predicted molar refractivity (Wildman–Crippen MR) is 69.9 cm³/mol. The van der Waals surface area contributed by atoms with Crippen molar-refractivity contribution in [3.63, 3.8) is 0 Å². The monoisotopic (exact) mass is 238 g/mol. The number of nitrogens with zero attached hydrogens (tertiary/aromatic N) is 1. The molecule has 2 aliphatic rings. The van der Waals surface area contributed by atoms with Crippen LogP contribution < -0.4 is 5.32 Å². The number of hydrogen-bond acceptors (Lipinski definition) is 2. The fourth-order valence-corrected chi connectivity index (χ4v) is 3.20. The lowest BCUT2D eigenvalue weighted by molar-refractivity contribution is -0.133. The molecule has 2 saturated heterocycles. The van der Waals surface area contributed by atoms with E-state index in [1.807, 2.05) is 0 Å². The van der Waals surface area contributed by atoms with E-state index in [1.165, 1.54) is 32.1 Å². The van der Waals surface area contributed by atoms with Gasteiger partial charge in [-0.1, -0.05) is 19.8 Å². The molecule has 0 aliphatic carbocycles. The fraction of sp³-hybridized carbons (Fsp3) is 0.929. The normalized spacial score (nSPS) is 30.3. The first-order chi connectivity index (χ1) is 8.31. The van der Waals surface area contributed by atoms with Crippen molar-refractivity contribution in [1.82, 2.24) is 10.2 Å². The van der Waals surface area contributed by atoms with E-state index in [1.54, 1.807) is 0 Å². The average molecular weight is 238 g/mol. The van der Waals surface area contributed by atoms with Crippen molar-refractivity contribution >= 4 is 5.91 Å². The van der Waals surface area contributed by atoms with E-state index < -0.39 is 0 Å². The quantitative estimate of drug-likeness (QED) is 0.817. The summed E-state index contributed by atoms with van der Waals surface area (Å²) in [5.41, 5.74) is 0. The summed E-state index contributed by atoms with van der Waals surface area (Å²) in [7, 11) is 0. The van der Waals surface area contributed by atoms with Crippen LogP contribution in [0.2, 0.25) is 0 Å². The van der Waals surface area contributed by atoms with Gasteiger partial charge in [0.05, 0.1) is 6.04 Å². The summed E-state index contributed by atoms with van der Waals surface area (Å²) in [5, 5.41) is 3.32. The highest BCUT2D eigenvalue weighted by atomic mass is 16.2. The molecule has 2 fully saturated rings. The molecule has 3 nitrogen and oxygen atoms in total. The Morgan fingerprint density at radius 1 is 1.24 bits per heavy atom. The van der Waals surface area contributed by atoms with Crippen molar-refractivity contribution in [3.8, 4) is 0 Å². The molecule has 2 rings (SSSR count). The van der Waals surface area contributed by atoms with E-state index >= 15 is 0 Å². The second-order valence-electron chi connectivity index (χ2n) is 5.56. The maximum atomic E-state index is 12.3. The molecular weight excluding hydrogens is 212 g/mol. The first-order valence-electron chi connectivity index (χ1n) is 7.33. The lowest BCUT2D eigenvalue weighted by Gasteiger charge is -2.24. The fourth-order valence-electron chi connectivity index (χ4n) is 3.20. The number of amides is 1. The third-order valence-electron chi connectivity index (χ3n) is 4.21. The second-order valence-corrected chi connectivity index (χ2v) is 5.56. The van der Waals surface area contributed by atoms with Gasteiger partial charge in [0.15, 0.2) is 0 Å². The molecule has 98 valence electrons. The van der Waals surface area contributed by atoms with Gasteiger partial charge in [-0.3, -0.25) is 4.79 Å². The summed E-state index contributed by atoms with van der Waals surface area (Å²) in [5.74, 6) is 1.22. The Hall–Kier alpha value is -0.570. The summed E-state index contributed by atoms with van der Waals surface area (Å²) < 4.78 is 0. The van der Waals surface area contributed by atoms with Gasteiger partial charge in [-0.05, 0) is 44.6 Å². The van der Waals surface area contributed by atoms with Crippen molar-refractivity contribution < 1.29 is 4.79 Å². The minimum atomic E-state index is 0.123. The smallest absolute Gasteiger partial charge is 0.239 e. The Kier molecular flexibility index (Phi) is 4.84. The SMILES string of the molecule is CCCC1CCCN(C(=O)[C@H]2CCCN2)CC1. The van der Waals surface area contributed by atoms with Crippen LogP contribution in [0, 0.1) is 5.92 Å². The summed E-state index contributed by atoms with van der Waals surface area (Å²) in [6, 6.07) is 0.123. The summed E-state index contributed by atoms with van der Waals surface area (Å²) in [6.07, 6.45) is 8.54. The van der Waals surface area contributed by atoms with Crippen LogP contribution in [0.1, 0.15) is 51.9 Å². The molecule has 3 heteroatoms. The van der Waals surface area contributed by atoms with Crippen LogP contribution in [0.4, 0.5) is 0 Å².